The summed E-state index contributed by atoms with van der Waals surface area (Å²) in [7, 11) is 0. The van der Waals surface area contributed by atoms with E-state index >= 15 is 0 Å². The van der Waals surface area contributed by atoms with Gasteiger partial charge in [0.1, 0.15) is 0 Å². The second-order valence-corrected chi connectivity index (χ2v) is 4.85. The van der Waals surface area contributed by atoms with Crippen LogP contribution in [0.15, 0.2) is 36.7 Å². The largest absolute Gasteiger partial charge is 0.308 e. The fourth-order valence-corrected chi connectivity index (χ4v) is 2.05. The first kappa shape index (κ1) is 14.4. The Bertz CT molecular complexity index is 632. The molecule has 20 heavy (non-hydrogen) atoms. The molecule has 0 fully saturated rings. The highest BCUT2D eigenvalue weighted by molar-refractivity contribution is 6.31. The predicted molar refractivity (Wildman–Crippen MR) is 77.6 cm³/mol. The second-order valence-electron chi connectivity index (χ2n) is 4.44. The summed E-state index contributed by atoms with van der Waals surface area (Å²) in [5.41, 5.74) is 3.12. The Morgan fingerprint density at radius 2 is 2.05 bits per heavy atom. The summed E-state index contributed by atoms with van der Waals surface area (Å²) in [6.07, 6.45) is 3.58. The number of aromatic nitrogens is 1. The molecule has 0 amide bonds. The molecule has 0 bridgehead atoms. The highest BCUT2D eigenvalue weighted by Gasteiger charge is 2.09. The number of pyridine rings is 1. The summed E-state index contributed by atoms with van der Waals surface area (Å²) in [6.45, 7) is 3.25. The molecule has 0 spiro atoms. The van der Waals surface area contributed by atoms with Crippen molar-refractivity contribution < 1.29 is 4.92 Å². The lowest BCUT2D eigenvalue weighted by molar-refractivity contribution is -0.384. The van der Waals surface area contributed by atoms with Crippen molar-refractivity contribution in [1.82, 2.24) is 10.3 Å². The van der Waals surface area contributed by atoms with E-state index in [0.717, 1.165) is 11.1 Å². The van der Waals surface area contributed by atoms with Gasteiger partial charge in [-0.05, 0) is 35.7 Å². The number of rotatable bonds is 5. The SMILES string of the molecule is Cc1ccncc1CNCc1ccc([N+](=O)[O-])cc1Cl. The van der Waals surface area contributed by atoms with E-state index in [1.807, 2.05) is 19.2 Å². The van der Waals surface area contributed by atoms with Gasteiger partial charge >= 0.3 is 0 Å². The quantitative estimate of drug-likeness (QED) is 0.678. The van der Waals surface area contributed by atoms with Crippen LogP contribution in [0.3, 0.4) is 0 Å². The zero-order chi connectivity index (χ0) is 14.5. The fraction of sp³-hybridized carbons (Fsp3) is 0.214. The first-order valence-corrected chi connectivity index (χ1v) is 6.49. The molecule has 0 aliphatic heterocycles. The van der Waals surface area contributed by atoms with E-state index in [1.165, 1.54) is 17.7 Å². The smallest absolute Gasteiger partial charge is 0.270 e. The Labute approximate surface area is 121 Å². The van der Waals surface area contributed by atoms with E-state index in [2.05, 4.69) is 10.3 Å². The minimum atomic E-state index is -0.456. The van der Waals surface area contributed by atoms with Crippen LogP contribution in [0, 0.1) is 17.0 Å². The van der Waals surface area contributed by atoms with Crippen molar-refractivity contribution in [3.63, 3.8) is 0 Å². The number of nitro groups is 1. The van der Waals surface area contributed by atoms with Crippen molar-refractivity contribution in [1.29, 1.82) is 0 Å². The maximum absolute atomic E-state index is 10.6. The van der Waals surface area contributed by atoms with Gasteiger partial charge in [0.2, 0.25) is 0 Å². The van der Waals surface area contributed by atoms with E-state index in [9.17, 15) is 10.1 Å². The Balaban J connectivity index is 1.98. The number of nitrogens with zero attached hydrogens (tertiary/aromatic N) is 2. The first-order valence-electron chi connectivity index (χ1n) is 6.11. The van der Waals surface area contributed by atoms with Gasteiger partial charge in [-0.15, -0.1) is 0 Å². The van der Waals surface area contributed by atoms with Crippen LogP contribution in [0.25, 0.3) is 0 Å². The molecule has 0 unspecified atom stereocenters. The average Bonchev–Trinajstić information content (AvgIpc) is 2.42. The maximum atomic E-state index is 10.6. The van der Waals surface area contributed by atoms with Gasteiger partial charge in [0.15, 0.2) is 0 Å². The number of benzene rings is 1. The molecule has 1 aromatic carbocycles. The molecular formula is C14H14ClN3O2. The number of hydrogen-bond donors (Lipinski definition) is 1. The molecule has 0 aliphatic carbocycles. The van der Waals surface area contributed by atoms with E-state index < -0.39 is 4.92 Å². The number of aryl methyl sites for hydroxylation is 1. The lowest BCUT2D eigenvalue weighted by Gasteiger charge is -2.08. The van der Waals surface area contributed by atoms with Gasteiger partial charge in [0, 0.05) is 37.6 Å². The number of hydrogen-bond acceptors (Lipinski definition) is 4. The van der Waals surface area contributed by atoms with Crippen molar-refractivity contribution in [3.8, 4) is 0 Å². The number of non-ortho nitro benzene ring substituents is 1. The molecule has 0 aliphatic rings. The van der Waals surface area contributed by atoms with Gasteiger partial charge in [-0.1, -0.05) is 11.6 Å². The summed E-state index contributed by atoms with van der Waals surface area (Å²) in [5, 5.41) is 14.3. The Morgan fingerprint density at radius 1 is 1.30 bits per heavy atom. The van der Waals surface area contributed by atoms with Crippen molar-refractivity contribution in [2.45, 2.75) is 20.0 Å². The van der Waals surface area contributed by atoms with Gasteiger partial charge < -0.3 is 5.32 Å². The number of nitro benzene ring substituents is 1. The highest BCUT2D eigenvalue weighted by atomic mass is 35.5. The average molecular weight is 292 g/mol. The van der Waals surface area contributed by atoms with Crippen molar-refractivity contribution in [3.05, 3.63) is 68.5 Å². The summed E-state index contributed by atoms with van der Waals surface area (Å²) in [6, 6.07) is 6.45. The third kappa shape index (κ3) is 3.53. The molecule has 0 radical (unpaired) electrons. The van der Waals surface area contributed by atoms with Crippen molar-refractivity contribution in [2.24, 2.45) is 0 Å². The fourth-order valence-electron chi connectivity index (χ4n) is 1.81. The molecule has 0 atom stereocenters. The molecule has 104 valence electrons. The second kappa shape index (κ2) is 6.45. The lowest BCUT2D eigenvalue weighted by atomic mass is 10.1. The Morgan fingerprint density at radius 3 is 2.70 bits per heavy atom. The number of halogens is 1. The molecule has 1 N–H and O–H groups in total. The predicted octanol–water partition coefficient (Wildman–Crippen LogP) is 3.24. The van der Waals surface area contributed by atoms with Crippen LogP contribution in [-0.2, 0) is 13.1 Å². The lowest BCUT2D eigenvalue weighted by Crippen LogP contribution is -2.14. The summed E-state index contributed by atoms with van der Waals surface area (Å²) in [5.74, 6) is 0. The van der Waals surface area contributed by atoms with Crippen LogP contribution in [0.2, 0.25) is 5.02 Å². The molecule has 0 saturated carbocycles. The molecule has 6 heteroatoms. The van der Waals surface area contributed by atoms with Crippen molar-refractivity contribution in [2.75, 3.05) is 0 Å². The van der Waals surface area contributed by atoms with Crippen LogP contribution in [-0.4, -0.2) is 9.91 Å². The number of nitrogens with one attached hydrogen (secondary N) is 1. The molecular weight excluding hydrogens is 278 g/mol. The van der Waals surface area contributed by atoms with Crippen LogP contribution in [0.4, 0.5) is 5.69 Å². The zero-order valence-electron chi connectivity index (χ0n) is 11.0. The van der Waals surface area contributed by atoms with E-state index in [0.29, 0.717) is 18.1 Å². The van der Waals surface area contributed by atoms with Crippen LogP contribution < -0.4 is 5.32 Å². The summed E-state index contributed by atoms with van der Waals surface area (Å²) < 4.78 is 0. The van der Waals surface area contributed by atoms with Gasteiger partial charge in [-0.25, -0.2) is 0 Å². The minimum Gasteiger partial charge on any atom is -0.308 e. The van der Waals surface area contributed by atoms with Crippen LogP contribution >= 0.6 is 11.6 Å². The highest BCUT2D eigenvalue weighted by Crippen LogP contribution is 2.22. The molecule has 2 aromatic rings. The summed E-state index contributed by atoms with van der Waals surface area (Å²) in [4.78, 5) is 14.2. The van der Waals surface area contributed by atoms with Gasteiger partial charge in [-0.2, -0.15) is 0 Å². The molecule has 2 rings (SSSR count). The van der Waals surface area contributed by atoms with Gasteiger partial charge in [-0.3, -0.25) is 15.1 Å². The minimum absolute atomic E-state index is 0.00172. The van der Waals surface area contributed by atoms with Gasteiger partial charge in [0.05, 0.1) is 9.95 Å². The normalized spacial score (nSPS) is 10.5. The molecule has 0 saturated heterocycles. The van der Waals surface area contributed by atoms with Gasteiger partial charge in [0.25, 0.3) is 5.69 Å². The Kier molecular flexibility index (Phi) is 4.65. The Hall–Kier alpha value is -1.98. The van der Waals surface area contributed by atoms with E-state index in [-0.39, 0.29) is 5.69 Å². The molecule has 1 aromatic heterocycles. The third-order valence-electron chi connectivity index (χ3n) is 3.03. The van der Waals surface area contributed by atoms with Crippen LogP contribution in [0.1, 0.15) is 16.7 Å². The first-order chi connectivity index (χ1) is 9.58. The maximum Gasteiger partial charge on any atom is 0.270 e. The monoisotopic (exact) mass is 291 g/mol. The zero-order valence-corrected chi connectivity index (χ0v) is 11.7. The standard InChI is InChI=1S/C14H14ClN3O2/c1-10-4-5-16-8-12(10)9-17-7-11-2-3-13(18(19)20)6-14(11)15/h2-6,8,17H,7,9H2,1H3. The van der Waals surface area contributed by atoms with Crippen LogP contribution in [0.5, 0.6) is 0 Å². The van der Waals surface area contributed by atoms with E-state index in [1.54, 1.807) is 12.3 Å². The molecule has 1 heterocycles. The summed E-state index contributed by atoms with van der Waals surface area (Å²) >= 11 is 6.03. The topological polar surface area (TPSA) is 68.1 Å². The molecule has 5 nitrogen and oxygen atoms in total. The third-order valence-corrected chi connectivity index (χ3v) is 3.38. The van der Waals surface area contributed by atoms with Crippen molar-refractivity contribution >= 4 is 17.3 Å². The van der Waals surface area contributed by atoms with E-state index in [4.69, 9.17) is 11.6 Å².